The summed E-state index contributed by atoms with van der Waals surface area (Å²) in [6.45, 7) is 0.219. The van der Waals surface area contributed by atoms with E-state index in [4.69, 9.17) is 4.84 Å². The summed E-state index contributed by atoms with van der Waals surface area (Å²) in [5.41, 5.74) is 1.04. The highest BCUT2D eigenvalue weighted by Gasteiger charge is 2.13. The fourth-order valence-electron chi connectivity index (χ4n) is 2.19. The number of benzene rings is 2. The first-order chi connectivity index (χ1) is 12.1. The van der Waals surface area contributed by atoms with E-state index in [1.807, 2.05) is 30.3 Å². The van der Waals surface area contributed by atoms with E-state index in [1.54, 1.807) is 30.3 Å². The summed E-state index contributed by atoms with van der Waals surface area (Å²) in [4.78, 5) is 30.3. The number of halogens is 1. The van der Waals surface area contributed by atoms with Gasteiger partial charge >= 0.3 is 0 Å². The molecule has 0 saturated heterocycles. The molecule has 1 heterocycles. The number of nitrogens with one attached hydrogen (secondary N) is 1. The van der Waals surface area contributed by atoms with E-state index in [9.17, 15) is 9.59 Å². The molecule has 126 valence electrons. The van der Waals surface area contributed by atoms with Gasteiger partial charge in [0.25, 0.3) is 11.5 Å². The average Bonchev–Trinajstić information content (AvgIpc) is 2.63. The van der Waals surface area contributed by atoms with Crippen LogP contribution in [-0.2, 0) is 6.61 Å². The molecule has 0 unspecified atom stereocenters. The van der Waals surface area contributed by atoms with E-state index in [0.717, 1.165) is 14.8 Å². The zero-order chi connectivity index (χ0) is 17.6. The van der Waals surface area contributed by atoms with Crippen LogP contribution in [0.5, 0.6) is 0 Å². The van der Waals surface area contributed by atoms with Crippen molar-refractivity contribution < 1.29 is 9.63 Å². The van der Waals surface area contributed by atoms with Gasteiger partial charge in [0.1, 0.15) is 12.2 Å². The van der Waals surface area contributed by atoms with Crippen molar-refractivity contribution in [2.24, 2.45) is 0 Å². The lowest BCUT2D eigenvalue weighted by atomic mass is 10.2. The Kier molecular flexibility index (Phi) is 5.30. The zero-order valence-corrected chi connectivity index (χ0v) is 14.8. The molecular weight excluding hydrogens is 384 g/mol. The molecule has 2 aromatic carbocycles. The fraction of sp³-hybridized carbons (Fsp3) is 0.0526. The highest BCUT2D eigenvalue weighted by Crippen LogP contribution is 2.10. The predicted octanol–water partition coefficient (Wildman–Crippen LogP) is 3.49. The monoisotopic (exact) mass is 398 g/mol. The molecule has 0 radical (unpaired) electrons. The van der Waals surface area contributed by atoms with E-state index in [0.29, 0.717) is 5.69 Å². The summed E-state index contributed by atoms with van der Waals surface area (Å²) < 4.78 is 2.04. The zero-order valence-electron chi connectivity index (χ0n) is 13.2. The van der Waals surface area contributed by atoms with Gasteiger partial charge in [0.05, 0.1) is 0 Å². The van der Waals surface area contributed by atoms with Gasteiger partial charge in [0, 0.05) is 16.4 Å². The van der Waals surface area contributed by atoms with Crippen molar-refractivity contribution in [2.45, 2.75) is 6.61 Å². The largest absolute Gasteiger partial charge is 0.406 e. The van der Waals surface area contributed by atoms with E-state index >= 15 is 0 Å². The minimum atomic E-state index is -0.506. The number of hydrogen-bond donors (Lipinski definition) is 1. The minimum Gasteiger partial charge on any atom is -0.406 e. The summed E-state index contributed by atoms with van der Waals surface area (Å²) in [7, 11) is 0. The molecule has 1 aromatic heterocycles. The van der Waals surface area contributed by atoms with Crippen molar-refractivity contribution in [3.05, 3.63) is 98.9 Å². The van der Waals surface area contributed by atoms with Crippen LogP contribution in [0.15, 0.2) is 82.2 Å². The van der Waals surface area contributed by atoms with Gasteiger partial charge in [-0.1, -0.05) is 46.3 Å². The second kappa shape index (κ2) is 7.81. The molecule has 3 aromatic rings. The fourth-order valence-corrected chi connectivity index (χ4v) is 2.46. The molecule has 0 atom stereocenters. The lowest BCUT2D eigenvalue weighted by Gasteiger charge is -2.10. The van der Waals surface area contributed by atoms with Crippen molar-refractivity contribution >= 4 is 27.5 Å². The maximum Gasteiger partial charge on any atom is 0.295 e. The maximum atomic E-state index is 12.4. The number of aromatic nitrogens is 1. The van der Waals surface area contributed by atoms with Crippen LogP contribution in [0, 0.1) is 0 Å². The van der Waals surface area contributed by atoms with Gasteiger partial charge in [0.15, 0.2) is 0 Å². The van der Waals surface area contributed by atoms with Gasteiger partial charge in [-0.2, -0.15) is 4.73 Å². The molecule has 0 spiro atoms. The summed E-state index contributed by atoms with van der Waals surface area (Å²) in [5.74, 6) is -0.474. The van der Waals surface area contributed by atoms with Crippen LogP contribution in [0.25, 0.3) is 0 Å². The number of carbonyl (C=O) groups excluding carboxylic acids is 1. The van der Waals surface area contributed by atoms with Gasteiger partial charge in [-0.3, -0.25) is 9.59 Å². The predicted molar refractivity (Wildman–Crippen MR) is 99.5 cm³/mol. The lowest BCUT2D eigenvalue weighted by Crippen LogP contribution is -2.32. The van der Waals surface area contributed by atoms with Crippen molar-refractivity contribution in [2.75, 3.05) is 5.32 Å². The van der Waals surface area contributed by atoms with Gasteiger partial charge in [-0.15, -0.1) is 0 Å². The number of nitrogens with zero attached hydrogens (tertiary/aromatic N) is 1. The second-order valence-electron chi connectivity index (χ2n) is 5.27. The number of hydrogen-bond acceptors (Lipinski definition) is 3. The molecular formula is C19H15BrN2O3. The Bertz CT molecular complexity index is 921. The number of pyridine rings is 1. The summed E-state index contributed by atoms with van der Waals surface area (Å²) in [6, 6.07) is 19.6. The third-order valence-corrected chi connectivity index (χ3v) is 4.00. The molecule has 0 aliphatic heterocycles. The molecule has 0 bridgehead atoms. The third-order valence-electron chi connectivity index (χ3n) is 3.47. The van der Waals surface area contributed by atoms with Crippen LogP contribution < -0.4 is 15.7 Å². The smallest absolute Gasteiger partial charge is 0.295 e. The second-order valence-corrected chi connectivity index (χ2v) is 6.19. The maximum absolute atomic E-state index is 12.4. The Balaban J connectivity index is 1.74. The normalized spacial score (nSPS) is 10.3. The topological polar surface area (TPSA) is 60.3 Å². The lowest BCUT2D eigenvalue weighted by molar-refractivity contribution is 0.0863. The first kappa shape index (κ1) is 17.0. The number of anilines is 1. The van der Waals surface area contributed by atoms with Crippen molar-refractivity contribution in [1.29, 1.82) is 0 Å². The van der Waals surface area contributed by atoms with E-state index < -0.39 is 11.5 Å². The van der Waals surface area contributed by atoms with Gasteiger partial charge < -0.3 is 10.2 Å². The van der Waals surface area contributed by atoms with E-state index in [2.05, 4.69) is 21.2 Å². The SMILES string of the molecule is O=C(Nc1ccccc1)c1cccn(OCc2ccc(Br)cc2)c1=O. The molecule has 3 rings (SSSR count). The number of amides is 1. The quantitative estimate of drug-likeness (QED) is 0.715. The summed E-state index contributed by atoms with van der Waals surface area (Å²) >= 11 is 3.37. The standard InChI is InChI=1S/C19H15BrN2O3/c20-15-10-8-14(9-11-15)13-25-22-12-4-7-17(19(22)24)18(23)21-16-5-2-1-3-6-16/h1-12H,13H2,(H,21,23). The van der Waals surface area contributed by atoms with Crippen molar-refractivity contribution in [3.8, 4) is 0 Å². The van der Waals surface area contributed by atoms with Crippen LogP contribution in [0.2, 0.25) is 0 Å². The van der Waals surface area contributed by atoms with Crippen molar-refractivity contribution in [1.82, 2.24) is 4.73 Å². The number of para-hydroxylation sites is 1. The van der Waals surface area contributed by atoms with Crippen LogP contribution in [0.3, 0.4) is 0 Å². The molecule has 0 fully saturated rings. The molecule has 0 aliphatic rings. The molecule has 6 heteroatoms. The van der Waals surface area contributed by atoms with E-state index in [-0.39, 0.29) is 12.2 Å². The summed E-state index contributed by atoms with van der Waals surface area (Å²) in [5, 5.41) is 2.69. The van der Waals surface area contributed by atoms with Gasteiger partial charge in [-0.25, -0.2) is 0 Å². The van der Waals surface area contributed by atoms with Crippen LogP contribution >= 0.6 is 15.9 Å². The molecule has 1 N–H and O–H groups in total. The molecule has 5 nitrogen and oxygen atoms in total. The first-order valence-corrected chi connectivity index (χ1v) is 8.38. The average molecular weight is 399 g/mol. The van der Waals surface area contributed by atoms with Crippen LogP contribution in [-0.4, -0.2) is 10.6 Å². The van der Waals surface area contributed by atoms with Gasteiger partial charge in [-0.05, 0) is 42.0 Å². The van der Waals surface area contributed by atoms with Crippen molar-refractivity contribution in [3.63, 3.8) is 0 Å². The van der Waals surface area contributed by atoms with Crippen LogP contribution in [0.1, 0.15) is 15.9 Å². The highest BCUT2D eigenvalue weighted by atomic mass is 79.9. The Labute approximate surface area is 153 Å². The first-order valence-electron chi connectivity index (χ1n) is 7.59. The molecule has 25 heavy (non-hydrogen) atoms. The van der Waals surface area contributed by atoms with Gasteiger partial charge in [0.2, 0.25) is 0 Å². The number of rotatable bonds is 5. The van der Waals surface area contributed by atoms with E-state index in [1.165, 1.54) is 12.3 Å². The Morgan fingerprint density at radius 3 is 2.44 bits per heavy atom. The molecule has 0 saturated carbocycles. The summed E-state index contributed by atoms with van der Waals surface area (Å²) in [6.07, 6.45) is 1.49. The Morgan fingerprint density at radius 2 is 1.72 bits per heavy atom. The van der Waals surface area contributed by atoms with Crippen LogP contribution in [0.4, 0.5) is 5.69 Å². The number of carbonyl (C=O) groups is 1. The third kappa shape index (κ3) is 4.36. The highest BCUT2D eigenvalue weighted by molar-refractivity contribution is 9.10. The minimum absolute atomic E-state index is 0.0159. The Hall–Kier alpha value is -2.86. The Morgan fingerprint density at radius 1 is 1.00 bits per heavy atom. The molecule has 1 amide bonds. The molecule has 0 aliphatic carbocycles.